The summed E-state index contributed by atoms with van der Waals surface area (Å²) in [6, 6.07) is 7.47. The van der Waals surface area contributed by atoms with E-state index in [1.54, 1.807) is 10.8 Å². The fraction of sp³-hybridized carbons (Fsp3) is 0.316. The van der Waals surface area contributed by atoms with Gasteiger partial charge in [0.05, 0.1) is 18.8 Å². The summed E-state index contributed by atoms with van der Waals surface area (Å²) in [5.74, 6) is -0.601. The van der Waals surface area contributed by atoms with Crippen LogP contribution in [0.1, 0.15) is 30.2 Å². The van der Waals surface area contributed by atoms with Crippen LogP contribution in [0, 0.1) is 6.92 Å². The number of amides is 2. The molecular weight excluding hydrogens is 387 g/mol. The second kappa shape index (κ2) is 10.1. The minimum Gasteiger partial charge on any atom is -0.355 e. The third kappa shape index (κ3) is 6.12. The van der Waals surface area contributed by atoms with Crippen molar-refractivity contribution in [2.45, 2.75) is 26.8 Å². The zero-order valence-corrected chi connectivity index (χ0v) is 16.8. The van der Waals surface area contributed by atoms with E-state index < -0.39 is 0 Å². The second-order valence-electron chi connectivity index (χ2n) is 5.94. The molecule has 0 saturated carbocycles. The number of rotatable bonds is 8. The van der Waals surface area contributed by atoms with Crippen LogP contribution >= 0.6 is 23.2 Å². The Morgan fingerprint density at radius 3 is 2.67 bits per heavy atom. The van der Waals surface area contributed by atoms with Crippen molar-refractivity contribution in [2.75, 3.05) is 13.1 Å². The molecule has 0 radical (unpaired) electrons. The van der Waals surface area contributed by atoms with Crippen LogP contribution in [0.15, 0.2) is 30.3 Å². The SMILES string of the molecule is CCCNC(=O)CNC(=O)/C=C/c1c(C)nn(Cc2ccccc2Cl)c1Cl. The summed E-state index contributed by atoms with van der Waals surface area (Å²) >= 11 is 12.6. The van der Waals surface area contributed by atoms with E-state index in [4.69, 9.17) is 23.2 Å². The van der Waals surface area contributed by atoms with Gasteiger partial charge in [0.2, 0.25) is 11.8 Å². The van der Waals surface area contributed by atoms with Gasteiger partial charge in [-0.1, -0.05) is 48.3 Å². The summed E-state index contributed by atoms with van der Waals surface area (Å²) < 4.78 is 1.63. The lowest BCUT2D eigenvalue weighted by molar-refractivity contribution is -0.123. The zero-order valence-electron chi connectivity index (χ0n) is 15.3. The number of aryl methyl sites for hydroxylation is 1. The van der Waals surface area contributed by atoms with E-state index in [1.807, 2.05) is 38.1 Å². The molecule has 0 spiro atoms. The van der Waals surface area contributed by atoms with Gasteiger partial charge in [-0.15, -0.1) is 0 Å². The van der Waals surface area contributed by atoms with Gasteiger partial charge in [0.15, 0.2) is 0 Å². The monoisotopic (exact) mass is 408 g/mol. The standard InChI is InChI=1S/C19H22Cl2N4O2/c1-3-10-22-18(27)11-23-17(26)9-8-15-13(2)24-25(19(15)21)12-14-6-4-5-7-16(14)20/h4-9H,3,10-12H2,1-2H3,(H,22,27)(H,23,26)/b9-8+. The van der Waals surface area contributed by atoms with Crippen molar-refractivity contribution in [1.82, 2.24) is 20.4 Å². The van der Waals surface area contributed by atoms with Gasteiger partial charge in [-0.3, -0.25) is 9.59 Å². The first-order valence-corrected chi connectivity index (χ1v) is 9.36. The smallest absolute Gasteiger partial charge is 0.244 e. The number of hydrogen-bond acceptors (Lipinski definition) is 3. The quantitative estimate of drug-likeness (QED) is 0.658. The van der Waals surface area contributed by atoms with Crippen LogP contribution < -0.4 is 10.6 Å². The Balaban J connectivity index is 2.01. The molecule has 2 amide bonds. The van der Waals surface area contributed by atoms with Crippen LogP contribution in [0.4, 0.5) is 0 Å². The van der Waals surface area contributed by atoms with Crippen molar-refractivity contribution >= 4 is 41.1 Å². The van der Waals surface area contributed by atoms with Crippen LogP contribution in [0.3, 0.4) is 0 Å². The number of aromatic nitrogens is 2. The maximum absolute atomic E-state index is 11.9. The molecular formula is C19H22Cl2N4O2. The first kappa shape index (κ1) is 21.0. The zero-order chi connectivity index (χ0) is 19.8. The maximum Gasteiger partial charge on any atom is 0.244 e. The number of nitrogens with zero attached hydrogens (tertiary/aromatic N) is 2. The number of carbonyl (C=O) groups is 2. The Bertz CT molecular complexity index is 846. The number of halogens is 2. The Morgan fingerprint density at radius 2 is 1.96 bits per heavy atom. The predicted octanol–water partition coefficient (Wildman–Crippen LogP) is 3.20. The Kier molecular flexibility index (Phi) is 7.88. The fourth-order valence-electron chi connectivity index (χ4n) is 2.36. The van der Waals surface area contributed by atoms with E-state index in [2.05, 4.69) is 15.7 Å². The molecule has 1 aromatic heterocycles. The van der Waals surface area contributed by atoms with Crippen LogP contribution in [0.2, 0.25) is 10.2 Å². The summed E-state index contributed by atoms with van der Waals surface area (Å²) in [5.41, 5.74) is 2.24. The molecule has 0 saturated heterocycles. The highest BCUT2D eigenvalue weighted by Crippen LogP contribution is 2.24. The number of nitrogens with one attached hydrogen (secondary N) is 2. The average molecular weight is 409 g/mol. The van der Waals surface area contributed by atoms with Crippen molar-refractivity contribution in [3.63, 3.8) is 0 Å². The normalized spacial score (nSPS) is 11.0. The van der Waals surface area contributed by atoms with Gasteiger partial charge >= 0.3 is 0 Å². The molecule has 0 aliphatic heterocycles. The lowest BCUT2D eigenvalue weighted by Gasteiger charge is -2.05. The molecule has 0 bridgehead atoms. The lowest BCUT2D eigenvalue weighted by Crippen LogP contribution is -2.36. The van der Waals surface area contributed by atoms with Crippen molar-refractivity contribution in [3.05, 3.63) is 57.3 Å². The molecule has 2 rings (SSSR count). The van der Waals surface area contributed by atoms with E-state index in [1.165, 1.54) is 6.08 Å². The van der Waals surface area contributed by atoms with Gasteiger partial charge in [-0.05, 0) is 31.1 Å². The summed E-state index contributed by atoms with van der Waals surface area (Å²) in [4.78, 5) is 23.4. The highest BCUT2D eigenvalue weighted by atomic mass is 35.5. The third-order valence-electron chi connectivity index (χ3n) is 3.78. The summed E-state index contributed by atoms with van der Waals surface area (Å²) in [7, 11) is 0. The minimum atomic E-state index is -0.379. The van der Waals surface area contributed by atoms with E-state index in [9.17, 15) is 9.59 Å². The van der Waals surface area contributed by atoms with Crippen molar-refractivity contribution < 1.29 is 9.59 Å². The van der Waals surface area contributed by atoms with E-state index >= 15 is 0 Å². The van der Waals surface area contributed by atoms with E-state index in [0.717, 1.165) is 12.0 Å². The van der Waals surface area contributed by atoms with Crippen LogP contribution in [-0.4, -0.2) is 34.7 Å². The molecule has 2 aromatic rings. The Hall–Kier alpha value is -2.31. The van der Waals surface area contributed by atoms with Crippen molar-refractivity contribution in [3.8, 4) is 0 Å². The molecule has 0 unspecified atom stereocenters. The van der Waals surface area contributed by atoms with Gasteiger partial charge in [0.1, 0.15) is 5.15 Å². The number of carbonyl (C=O) groups excluding carboxylic acids is 2. The van der Waals surface area contributed by atoms with E-state index in [0.29, 0.717) is 34.5 Å². The molecule has 0 aliphatic carbocycles. The first-order chi connectivity index (χ1) is 12.9. The molecule has 6 nitrogen and oxygen atoms in total. The fourth-order valence-corrected chi connectivity index (χ4v) is 2.85. The topological polar surface area (TPSA) is 76.0 Å². The molecule has 1 heterocycles. The molecule has 27 heavy (non-hydrogen) atoms. The molecule has 0 fully saturated rings. The van der Waals surface area contributed by atoms with Gasteiger partial charge in [-0.2, -0.15) is 5.10 Å². The Morgan fingerprint density at radius 1 is 1.22 bits per heavy atom. The molecule has 2 N–H and O–H groups in total. The lowest BCUT2D eigenvalue weighted by atomic mass is 10.2. The van der Waals surface area contributed by atoms with Gasteiger partial charge in [0, 0.05) is 23.2 Å². The van der Waals surface area contributed by atoms with E-state index in [-0.39, 0.29) is 18.4 Å². The van der Waals surface area contributed by atoms with Gasteiger partial charge in [-0.25, -0.2) is 4.68 Å². The second-order valence-corrected chi connectivity index (χ2v) is 6.71. The minimum absolute atomic E-state index is 0.0678. The molecule has 0 aliphatic rings. The average Bonchev–Trinajstić information content (AvgIpc) is 2.91. The van der Waals surface area contributed by atoms with Crippen LogP contribution in [0.25, 0.3) is 6.08 Å². The van der Waals surface area contributed by atoms with Crippen molar-refractivity contribution in [1.29, 1.82) is 0 Å². The molecule has 8 heteroatoms. The molecule has 1 aromatic carbocycles. The molecule has 0 atom stereocenters. The number of benzene rings is 1. The maximum atomic E-state index is 11.9. The first-order valence-electron chi connectivity index (χ1n) is 8.61. The van der Waals surface area contributed by atoms with Crippen LogP contribution in [-0.2, 0) is 16.1 Å². The summed E-state index contributed by atoms with van der Waals surface area (Å²) in [6.07, 6.45) is 3.77. The largest absolute Gasteiger partial charge is 0.355 e. The third-order valence-corrected chi connectivity index (χ3v) is 4.55. The highest BCUT2D eigenvalue weighted by molar-refractivity contribution is 6.32. The summed E-state index contributed by atoms with van der Waals surface area (Å²) in [6.45, 7) is 4.72. The number of hydrogen-bond donors (Lipinski definition) is 2. The van der Waals surface area contributed by atoms with Gasteiger partial charge in [0.25, 0.3) is 0 Å². The highest BCUT2D eigenvalue weighted by Gasteiger charge is 2.13. The Labute approximate surface area is 168 Å². The van der Waals surface area contributed by atoms with Crippen molar-refractivity contribution in [2.24, 2.45) is 0 Å². The predicted molar refractivity (Wildman–Crippen MR) is 108 cm³/mol. The van der Waals surface area contributed by atoms with Crippen LogP contribution in [0.5, 0.6) is 0 Å². The van der Waals surface area contributed by atoms with Gasteiger partial charge < -0.3 is 10.6 Å². The summed E-state index contributed by atoms with van der Waals surface area (Å²) in [5, 5.41) is 10.7. The molecule has 144 valence electrons.